The summed E-state index contributed by atoms with van der Waals surface area (Å²) in [5.74, 6) is 0.557. The van der Waals surface area contributed by atoms with Crippen molar-refractivity contribution in [1.29, 1.82) is 0 Å². The zero-order chi connectivity index (χ0) is 75.6. The van der Waals surface area contributed by atoms with Crippen molar-refractivity contribution >= 4 is 86.5 Å². The van der Waals surface area contributed by atoms with Gasteiger partial charge in [0.05, 0.1) is 48.8 Å². The number of aromatic nitrogens is 3. The van der Waals surface area contributed by atoms with Crippen LogP contribution >= 0.6 is 23.5 Å². The number of phosphoric acid groups is 3. The third-order valence-electron chi connectivity index (χ3n) is 15.9. The smallest absolute Gasteiger partial charge is 0.490 e. The molecule has 5 aromatic rings. The van der Waals surface area contributed by atoms with E-state index in [1.807, 2.05) is 46.8 Å². The fourth-order valence-electron chi connectivity index (χ4n) is 11.1. The van der Waals surface area contributed by atoms with Crippen LogP contribution < -0.4 is 31.2 Å². The van der Waals surface area contributed by atoms with Gasteiger partial charge in [-0.05, 0) is 101 Å². The maximum absolute atomic E-state index is 12.8. The van der Waals surface area contributed by atoms with Crippen molar-refractivity contribution in [1.82, 2.24) is 19.9 Å². The lowest BCUT2D eigenvalue weighted by Gasteiger charge is -2.21. The number of aryl methyl sites for hydroxylation is 2. The van der Waals surface area contributed by atoms with Gasteiger partial charge in [-0.3, -0.25) is 23.9 Å². The number of amides is 1. The summed E-state index contributed by atoms with van der Waals surface area (Å²) in [4.78, 5) is 99.8. The van der Waals surface area contributed by atoms with Gasteiger partial charge in [0.1, 0.15) is 78.8 Å². The van der Waals surface area contributed by atoms with Gasteiger partial charge >= 0.3 is 29.4 Å². The maximum atomic E-state index is 12.8. The lowest BCUT2D eigenvalue weighted by molar-refractivity contribution is -0.162. The summed E-state index contributed by atoms with van der Waals surface area (Å²) in [6.45, 7) is 20.0. The first-order valence-electron chi connectivity index (χ1n) is 33.9. The van der Waals surface area contributed by atoms with E-state index in [9.17, 15) is 47.8 Å². The number of Topliss-reactive ketones (excluding diaryl/α,β-unsaturated/α-hetero) is 2. The molecule has 0 bridgehead atoms. The molecule has 104 heavy (non-hydrogen) atoms. The van der Waals surface area contributed by atoms with Gasteiger partial charge in [-0.25, -0.2) is 28.5 Å². The van der Waals surface area contributed by atoms with Crippen LogP contribution in [0.2, 0.25) is 0 Å². The number of nitrogen functional groups attached to an aromatic ring is 1. The molecule has 9 N–H and O–H groups in total. The van der Waals surface area contributed by atoms with E-state index >= 15 is 0 Å². The Bertz CT molecular complexity index is 4330. The van der Waals surface area contributed by atoms with E-state index in [1.165, 1.54) is 18.5 Å². The number of carbonyl (C=O) groups is 4. The van der Waals surface area contributed by atoms with Crippen molar-refractivity contribution in [2.75, 3.05) is 77.1 Å². The molecule has 6 atom stereocenters. The Labute approximate surface area is 602 Å². The number of benzene rings is 4. The summed E-state index contributed by atoms with van der Waals surface area (Å²) in [7, 11) is -16.9. The molecule has 4 heterocycles. The van der Waals surface area contributed by atoms with Crippen molar-refractivity contribution in [3.8, 4) is 33.9 Å². The summed E-state index contributed by atoms with van der Waals surface area (Å²) >= 11 is 0. The molecule has 2 aromatic heterocycles. The van der Waals surface area contributed by atoms with Crippen LogP contribution in [0.3, 0.4) is 0 Å². The van der Waals surface area contributed by atoms with Crippen molar-refractivity contribution in [2.45, 2.75) is 130 Å². The molecular formula is C71H92N7O23P3. The number of aromatic carboxylic acids is 1. The van der Waals surface area contributed by atoms with Crippen LogP contribution in [-0.4, -0.2) is 147 Å². The number of nitrogens with zero attached hydrogens (tertiary/aromatic N) is 4. The standard InChI is InChI=1S/C38H54N5O18P3.C33H38N2O5/c1-4-7-8-9-15-30(44)27-12-10-14-29(19-27)55-24-35(54-18-6-3)56-23-33(45)40-16-11-13-28-21-43(38-36(28)37(39)41-25-42-38)34-20-31(57-26-53-17-5-2)32(59-34)22-58-63(49,50)61-64(51,52)60-62(46,47)48;1-6-10-23(36)11-9-14-39-29-13-12-22(33(37)38)17-26(29)32-24-15-20(4)27(34-7-2)18-30(24)40-31-19-28(35-8-3)21(5)16-25(31)32/h5-6,10-14,19,21,25,31-32,34-35H,2-4,7-9,15-18,20,22-24,26H2,1H3,(H,40,45)(H,49,50)(H,51,52)(H2,39,41,42)(H2,46,47,48);12-13,15-19,34H,6-11,14H2,1-5H3,(H,37,38)/b13-11+;/t31?,32-,34-,35?;/m1./s1. The Morgan fingerprint density at radius 2 is 1.62 bits per heavy atom. The molecule has 33 heteroatoms. The SMILES string of the molecule is C=CCOCOC1C[C@H](n2cc(/C=C/CNC(=O)COC(COc3cccc(C(=O)CCCCCC)c3)OCC=C)c3c(N)ncnc32)O[C@@H]1COP(=O)(O)OP(=O)(O)OP(=O)(O)O.CCCC(=O)CCCOc1ccc(C(=O)O)cc1-c1c2cc(C)c(=NCC)cc-2oc2cc(NCC)c(C)cc12. The van der Waals surface area contributed by atoms with Crippen LogP contribution in [0.25, 0.3) is 50.5 Å². The monoisotopic (exact) mass is 1500 g/mol. The fraction of sp³-hybridized carbons (Fsp3) is 0.423. The average Bonchev–Trinajstić information content (AvgIpc) is 0.847. The van der Waals surface area contributed by atoms with Gasteiger partial charge in [-0.2, -0.15) is 8.62 Å². The zero-order valence-corrected chi connectivity index (χ0v) is 61.7. The number of nitrogens with two attached hydrogens (primary N) is 1. The van der Waals surface area contributed by atoms with E-state index in [-0.39, 0.29) is 69.1 Å². The molecule has 1 amide bonds. The van der Waals surface area contributed by atoms with Gasteiger partial charge < -0.3 is 83.2 Å². The molecule has 1 saturated heterocycles. The van der Waals surface area contributed by atoms with E-state index in [0.29, 0.717) is 89.4 Å². The Balaban J connectivity index is 0.000000323. The summed E-state index contributed by atoms with van der Waals surface area (Å²) in [6, 6.07) is 19.9. The number of phosphoric ester groups is 1. The van der Waals surface area contributed by atoms with E-state index in [2.05, 4.69) is 66.4 Å². The van der Waals surface area contributed by atoms with Gasteiger partial charge in [0.2, 0.25) is 5.91 Å². The second-order valence-electron chi connectivity index (χ2n) is 23.9. The van der Waals surface area contributed by atoms with Crippen molar-refractivity contribution in [3.63, 3.8) is 0 Å². The number of hydrogen-bond donors (Lipinski definition) is 8. The topological polar surface area (TPSA) is 419 Å². The largest absolute Gasteiger partial charge is 0.493 e. The number of carboxylic acids is 1. The molecule has 1 fully saturated rings. The quantitative estimate of drug-likeness (QED) is 0.00439. The van der Waals surface area contributed by atoms with E-state index in [1.54, 1.807) is 65.4 Å². The summed E-state index contributed by atoms with van der Waals surface area (Å²) in [5.41, 5.74) is 13.8. The lowest BCUT2D eigenvalue weighted by atomic mass is 9.90. The summed E-state index contributed by atoms with van der Waals surface area (Å²) in [6.07, 6.45) is 12.3. The summed E-state index contributed by atoms with van der Waals surface area (Å²) in [5, 5.41) is 18.1. The number of ether oxygens (including phenoxy) is 7. The van der Waals surface area contributed by atoms with Crippen LogP contribution in [0.5, 0.6) is 11.5 Å². The third kappa shape index (κ3) is 25.0. The molecule has 8 rings (SSSR count). The molecule has 564 valence electrons. The molecule has 3 aromatic carbocycles. The van der Waals surface area contributed by atoms with E-state index in [4.69, 9.17) is 57.6 Å². The average molecular weight is 1500 g/mol. The highest BCUT2D eigenvalue weighted by atomic mass is 31.3. The molecule has 1 aliphatic carbocycles. The first-order valence-corrected chi connectivity index (χ1v) is 38.4. The number of nitrogens with one attached hydrogen (secondary N) is 2. The number of carbonyl (C=O) groups excluding carboxylic acids is 3. The Morgan fingerprint density at radius 3 is 2.35 bits per heavy atom. The van der Waals surface area contributed by atoms with Gasteiger partial charge in [-0.1, -0.05) is 69.5 Å². The van der Waals surface area contributed by atoms with Crippen molar-refractivity contribution in [2.24, 2.45) is 4.99 Å². The fourth-order valence-corrected chi connectivity index (χ4v) is 14.2. The number of hydrogen-bond acceptors (Lipinski definition) is 23. The second-order valence-corrected chi connectivity index (χ2v) is 28.3. The van der Waals surface area contributed by atoms with Gasteiger partial charge in [0.15, 0.2) is 12.1 Å². The van der Waals surface area contributed by atoms with Crippen LogP contribution in [-0.2, 0) is 60.1 Å². The molecule has 3 aliphatic rings. The highest BCUT2D eigenvalue weighted by Gasteiger charge is 2.44. The zero-order valence-electron chi connectivity index (χ0n) is 59.0. The minimum absolute atomic E-state index is 0.0330. The van der Waals surface area contributed by atoms with E-state index < -0.39 is 66.7 Å². The predicted octanol–water partition coefficient (Wildman–Crippen LogP) is 12.5. The van der Waals surface area contributed by atoms with Crippen molar-refractivity contribution in [3.05, 3.63) is 144 Å². The van der Waals surface area contributed by atoms with Gasteiger partial charge in [0.25, 0.3) is 0 Å². The van der Waals surface area contributed by atoms with Gasteiger partial charge in [0, 0.05) is 103 Å². The van der Waals surface area contributed by atoms with Crippen LogP contribution in [0.4, 0.5) is 11.5 Å². The highest BCUT2D eigenvalue weighted by molar-refractivity contribution is 7.66. The Kier molecular flexibility index (Phi) is 32.3. The number of rotatable bonds is 43. The maximum Gasteiger partial charge on any atom is 0.490 e. The molecular weight excluding hydrogens is 1410 g/mol. The van der Waals surface area contributed by atoms with Crippen LogP contribution in [0, 0.1) is 13.8 Å². The number of anilines is 2. The van der Waals surface area contributed by atoms with Crippen molar-refractivity contribution < 1.29 is 108 Å². The van der Waals surface area contributed by atoms with Crippen LogP contribution in [0.1, 0.15) is 136 Å². The number of carboxylic acid groups (broad SMARTS) is 1. The van der Waals surface area contributed by atoms with E-state index in [0.717, 1.165) is 77.3 Å². The normalized spacial score (nSPS) is 16.2. The first-order chi connectivity index (χ1) is 49.7. The minimum atomic E-state index is -5.77. The molecule has 0 radical (unpaired) electrons. The third-order valence-corrected chi connectivity index (χ3v) is 19.7. The Morgan fingerprint density at radius 1 is 0.837 bits per heavy atom. The predicted molar refractivity (Wildman–Crippen MR) is 389 cm³/mol. The van der Waals surface area contributed by atoms with Crippen LogP contribution in [0.15, 0.2) is 120 Å². The molecule has 0 saturated carbocycles. The summed E-state index contributed by atoms with van der Waals surface area (Å²) < 4.78 is 96.4. The lowest BCUT2D eigenvalue weighted by Crippen LogP contribution is -2.33. The number of fused-ring (bicyclic) bond motifs is 3. The number of ketones is 2. The highest BCUT2D eigenvalue weighted by Crippen LogP contribution is 2.66. The van der Waals surface area contributed by atoms with Gasteiger partial charge in [-0.15, -0.1) is 13.2 Å². The Hall–Kier alpha value is -8.12. The minimum Gasteiger partial charge on any atom is -0.493 e. The molecule has 2 aliphatic heterocycles. The molecule has 4 unspecified atom stereocenters. The first kappa shape index (κ1) is 83.2. The number of unbranched alkanes of at least 4 members (excludes halogenated alkanes) is 3. The second kappa shape index (κ2) is 40.4. The molecule has 0 spiro atoms. The molecule has 30 nitrogen and oxygen atoms in total.